The highest BCUT2D eigenvalue weighted by Crippen LogP contribution is 2.56. The first kappa shape index (κ1) is 18.9. The number of imidazole rings is 1. The summed E-state index contributed by atoms with van der Waals surface area (Å²) in [6.07, 6.45) is 7.06. The van der Waals surface area contributed by atoms with Gasteiger partial charge in [0.2, 0.25) is 5.95 Å². The predicted molar refractivity (Wildman–Crippen MR) is 120 cm³/mol. The molecule has 4 N–H and O–H groups in total. The second-order valence-electron chi connectivity index (χ2n) is 9.94. The van der Waals surface area contributed by atoms with Crippen LogP contribution >= 0.6 is 0 Å². The molecule has 0 saturated heterocycles. The summed E-state index contributed by atoms with van der Waals surface area (Å²) in [5, 5.41) is 17.8. The highest BCUT2D eigenvalue weighted by atomic mass is 16.3. The molecule has 2 aromatic heterocycles. The SMILES string of the molecule is Cc1cnc(Nc2ccc3c(c2)[nH]c(=O)n3C)nc1NC1C2CC3CC1CC(O)(C3)C2. The average molecular weight is 421 g/mol. The summed E-state index contributed by atoms with van der Waals surface area (Å²) >= 11 is 0. The molecular weight excluding hydrogens is 392 g/mol. The van der Waals surface area contributed by atoms with E-state index in [1.54, 1.807) is 11.6 Å². The minimum atomic E-state index is -0.431. The van der Waals surface area contributed by atoms with Crippen LogP contribution in [0, 0.1) is 24.7 Å². The van der Waals surface area contributed by atoms with Crippen molar-refractivity contribution in [3.05, 3.63) is 40.4 Å². The number of aromatic amines is 1. The van der Waals surface area contributed by atoms with E-state index in [0.29, 0.717) is 29.7 Å². The minimum Gasteiger partial charge on any atom is -0.390 e. The number of hydrogen-bond acceptors (Lipinski definition) is 6. The molecule has 8 heteroatoms. The zero-order valence-electron chi connectivity index (χ0n) is 17.9. The van der Waals surface area contributed by atoms with E-state index in [0.717, 1.165) is 47.4 Å². The van der Waals surface area contributed by atoms with Gasteiger partial charge in [-0.3, -0.25) is 4.57 Å². The lowest BCUT2D eigenvalue weighted by Gasteiger charge is -2.58. The van der Waals surface area contributed by atoms with Crippen molar-refractivity contribution in [1.82, 2.24) is 19.5 Å². The number of rotatable bonds is 4. The van der Waals surface area contributed by atoms with Crippen molar-refractivity contribution in [3.63, 3.8) is 0 Å². The third-order valence-electron chi connectivity index (χ3n) is 7.68. The van der Waals surface area contributed by atoms with Gasteiger partial charge in [-0.1, -0.05) is 0 Å². The highest BCUT2D eigenvalue weighted by Gasteiger charge is 2.54. The molecule has 2 unspecified atom stereocenters. The number of nitrogens with zero attached hydrogens (tertiary/aromatic N) is 3. The Morgan fingerprint density at radius 2 is 2.00 bits per heavy atom. The largest absolute Gasteiger partial charge is 0.390 e. The van der Waals surface area contributed by atoms with Crippen molar-refractivity contribution >= 4 is 28.5 Å². The van der Waals surface area contributed by atoms with Crippen molar-refractivity contribution in [2.24, 2.45) is 24.8 Å². The van der Waals surface area contributed by atoms with E-state index in [1.165, 1.54) is 12.8 Å². The first-order chi connectivity index (χ1) is 14.9. The Morgan fingerprint density at radius 3 is 2.74 bits per heavy atom. The molecule has 31 heavy (non-hydrogen) atoms. The summed E-state index contributed by atoms with van der Waals surface area (Å²) < 4.78 is 1.59. The topological polar surface area (TPSA) is 108 Å². The fourth-order valence-electron chi connectivity index (χ4n) is 6.47. The summed E-state index contributed by atoms with van der Waals surface area (Å²) in [4.78, 5) is 23.9. The maximum absolute atomic E-state index is 11.8. The average Bonchev–Trinajstić information content (AvgIpc) is 2.99. The zero-order valence-corrected chi connectivity index (χ0v) is 17.9. The van der Waals surface area contributed by atoms with Crippen LogP contribution < -0.4 is 16.3 Å². The van der Waals surface area contributed by atoms with E-state index < -0.39 is 5.60 Å². The molecule has 3 aromatic rings. The van der Waals surface area contributed by atoms with Crippen LogP contribution in [0.1, 0.15) is 37.7 Å². The van der Waals surface area contributed by atoms with Gasteiger partial charge in [-0.15, -0.1) is 0 Å². The second-order valence-corrected chi connectivity index (χ2v) is 9.94. The number of benzene rings is 1. The van der Waals surface area contributed by atoms with Crippen LogP contribution in [0.5, 0.6) is 0 Å². The van der Waals surface area contributed by atoms with Gasteiger partial charge < -0.3 is 20.7 Å². The molecule has 4 aliphatic rings. The fraction of sp³-hybridized carbons (Fsp3) is 0.522. The Balaban J connectivity index is 1.24. The summed E-state index contributed by atoms with van der Waals surface area (Å²) in [5.74, 6) is 3.09. The molecule has 4 aliphatic carbocycles. The normalized spacial score (nSPS) is 31.3. The molecule has 0 radical (unpaired) electrons. The van der Waals surface area contributed by atoms with Crippen LogP contribution in [-0.4, -0.2) is 36.3 Å². The van der Waals surface area contributed by atoms with Crippen LogP contribution in [0.25, 0.3) is 11.0 Å². The lowest BCUT2D eigenvalue weighted by molar-refractivity contribution is -0.129. The minimum absolute atomic E-state index is 0.134. The lowest BCUT2D eigenvalue weighted by atomic mass is 9.52. The molecule has 1 aromatic carbocycles. The van der Waals surface area contributed by atoms with Crippen LogP contribution in [0.3, 0.4) is 0 Å². The number of fused-ring (bicyclic) bond motifs is 1. The Kier molecular flexibility index (Phi) is 3.99. The third kappa shape index (κ3) is 3.12. The molecule has 0 aliphatic heterocycles. The van der Waals surface area contributed by atoms with Gasteiger partial charge in [0.1, 0.15) is 5.82 Å². The van der Waals surface area contributed by atoms with Crippen molar-refractivity contribution in [3.8, 4) is 0 Å². The Labute approximate surface area is 180 Å². The van der Waals surface area contributed by atoms with E-state index in [4.69, 9.17) is 4.98 Å². The third-order valence-corrected chi connectivity index (χ3v) is 7.68. The Hall–Kier alpha value is -2.87. The van der Waals surface area contributed by atoms with Crippen molar-refractivity contribution in [1.29, 1.82) is 0 Å². The van der Waals surface area contributed by atoms with Gasteiger partial charge in [0, 0.05) is 30.5 Å². The van der Waals surface area contributed by atoms with Gasteiger partial charge in [-0.25, -0.2) is 9.78 Å². The maximum Gasteiger partial charge on any atom is 0.326 e. The van der Waals surface area contributed by atoms with E-state index >= 15 is 0 Å². The van der Waals surface area contributed by atoms with Crippen molar-refractivity contribution < 1.29 is 5.11 Å². The molecule has 4 bridgehead atoms. The zero-order chi connectivity index (χ0) is 21.3. The van der Waals surface area contributed by atoms with Gasteiger partial charge in [0.15, 0.2) is 0 Å². The number of hydrogen-bond donors (Lipinski definition) is 4. The van der Waals surface area contributed by atoms with Gasteiger partial charge in [-0.05, 0) is 75.0 Å². The number of aryl methyl sites for hydroxylation is 2. The Morgan fingerprint density at radius 1 is 1.23 bits per heavy atom. The summed E-state index contributed by atoms with van der Waals surface area (Å²) in [7, 11) is 1.75. The van der Waals surface area contributed by atoms with Gasteiger partial charge in [0.25, 0.3) is 0 Å². The monoisotopic (exact) mass is 420 g/mol. The Bertz CT molecular complexity index is 1210. The lowest BCUT2D eigenvalue weighted by Crippen LogP contribution is -2.59. The fourth-order valence-corrected chi connectivity index (χ4v) is 6.47. The molecule has 162 valence electrons. The number of aliphatic hydroxyl groups is 1. The van der Waals surface area contributed by atoms with Crippen molar-refractivity contribution in [2.45, 2.75) is 50.7 Å². The molecular formula is C23H28N6O2. The van der Waals surface area contributed by atoms with E-state index in [1.807, 2.05) is 31.3 Å². The first-order valence-electron chi connectivity index (χ1n) is 11.2. The summed E-state index contributed by atoms with van der Waals surface area (Å²) in [6, 6.07) is 6.09. The number of anilines is 3. The summed E-state index contributed by atoms with van der Waals surface area (Å²) in [5.41, 5.74) is 2.90. The highest BCUT2D eigenvalue weighted by molar-refractivity contribution is 5.80. The number of H-pyrrole nitrogens is 1. The molecule has 0 amide bonds. The standard InChI is InChI=1S/C23H28N6O2/c1-12-11-24-21(25-16-3-4-18-17(7-16)26-22(30)29(18)2)28-20(12)27-19-14-5-13-6-15(19)10-23(31,8-13)9-14/h3-4,7,11,13-15,19,31H,5-6,8-10H2,1-2H3,(H,26,30)(H2,24,25,27,28). The van der Waals surface area contributed by atoms with E-state index in [2.05, 4.69) is 20.6 Å². The quantitative estimate of drug-likeness (QED) is 0.517. The van der Waals surface area contributed by atoms with Gasteiger partial charge in [-0.2, -0.15) is 4.98 Å². The molecule has 7 rings (SSSR count). The first-order valence-corrected chi connectivity index (χ1v) is 11.2. The smallest absolute Gasteiger partial charge is 0.326 e. The van der Waals surface area contributed by atoms with Crippen LogP contribution in [0.2, 0.25) is 0 Å². The number of aromatic nitrogens is 4. The maximum atomic E-state index is 11.8. The molecule has 4 fully saturated rings. The van der Waals surface area contributed by atoms with Gasteiger partial charge in [0.05, 0.1) is 16.6 Å². The second kappa shape index (κ2) is 6.56. The van der Waals surface area contributed by atoms with E-state index in [9.17, 15) is 9.90 Å². The van der Waals surface area contributed by atoms with Crippen LogP contribution in [0.15, 0.2) is 29.2 Å². The molecule has 2 atom stereocenters. The van der Waals surface area contributed by atoms with Gasteiger partial charge >= 0.3 is 5.69 Å². The molecule has 0 spiro atoms. The van der Waals surface area contributed by atoms with Crippen molar-refractivity contribution in [2.75, 3.05) is 10.6 Å². The molecule has 8 nitrogen and oxygen atoms in total. The predicted octanol–water partition coefficient (Wildman–Crippen LogP) is 3.06. The molecule has 4 saturated carbocycles. The van der Waals surface area contributed by atoms with E-state index in [-0.39, 0.29) is 5.69 Å². The summed E-state index contributed by atoms with van der Waals surface area (Å²) in [6.45, 7) is 2.02. The number of nitrogens with one attached hydrogen (secondary N) is 3. The molecule has 2 heterocycles. The van der Waals surface area contributed by atoms with Crippen LogP contribution in [-0.2, 0) is 7.05 Å². The van der Waals surface area contributed by atoms with Crippen LogP contribution in [0.4, 0.5) is 17.5 Å².